The summed E-state index contributed by atoms with van der Waals surface area (Å²) in [6, 6.07) is 23.9. The molecule has 3 aromatic carbocycles. The molecule has 4 heteroatoms. The molecule has 146 valence electrons. The van der Waals surface area contributed by atoms with Crippen LogP contribution in [-0.2, 0) is 0 Å². The number of para-hydroxylation sites is 1. The molecule has 29 heavy (non-hydrogen) atoms. The highest BCUT2D eigenvalue weighted by molar-refractivity contribution is 5.93. The number of piperidine rings is 1. The normalized spacial score (nSPS) is 28.4. The van der Waals surface area contributed by atoms with Crippen LogP contribution in [0.5, 0.6) is 5.75 Å². The number of hydrogen-bond donors (Lipinski definition) is 2. The maximum Gasteiger partial charge on any atom is 0.191 e. The van der Waals surface area contributed by atoms with Crippen molar-refractivity contribution in [3.05, 3.63) is 83.9 Å². The number of benzene rings is 3. The van der Waals surface area contributed by atoms with Crippen LogP contribution in [0.3, 0.4) is 0 Å². The Morgan fingerprint density at radius 2 is 1.72 bits per heavy atom. The van der Waals surface area contributed by atoms with Gasteiger partial charge in [0.1, 0.15) is 5.75 Å². The first-order chi connectivity index (χ1) is 14.2. The smallest absolute Gasteiger partial charge is 0.191 e. The van der Waals surface area contributed by atoms with Gasteiger partial charge in [0, 0.05) is 11.1 Å². The molecular weight excluding hydrogens is 358 g/mol. The monoisotopic (exact) mass is 384 g/mol. The van der Waals surface area contributed by atoms with Crippen LogP contribution in [0.2, 0.25) is 0 Å². The minimum Gasteiger partial charge on any atom is -0.470 e. The van der Waals surface area contributed by atoms with Crippen LogP contribution >= 0.6 is 0 Å². The van der Waals surface area contributed by atoms with Gasteiger partial charge in [-0.3, -0.25) is 0 Å². The van der Waals surface area contributed by atoms with E-state index in [2.05, 4.69) is 90.3 Å². The average Bonchev–Trinajstić information content (AvgIpc) is 3.22. The van der Waals surface area contributed by atoms with Crippen molar-refractivity contribution in [2.24, 2.45) is 0 Å². The standard InChI is InChI=1S/C25H25N3O/c1-27-15-13-25(14-16-27)28-23(21-10-4-5-12-24(21)29-25)17-22(26-28)20-11-6-8-18-7-2-3-9-19(18)20/h2-12,17,23,26H,13-16H2,1H3/p+1/t23-/m1/s1. The third-order valence-electron chi connectivity index (χ3n) is 6.78. The van der Waals surface area contributed by atoms with E-state index < -0.39 is 0 Å². The van der Waals surface area contributed by atoms with Gasteiger partial charge in [-0.2, -0.15) is 5.01 Å². The molecule has 0 aromatic heterocycles. The van der Waals surface area contributed by atoms with Crippen molar-refractivity contribution in [1.82, 2.24) is 10.4 Å². The molecule has 3 heterocycles. The predicted octanol–water partition coefficient (Wildman–Crippen LogP) is 3.14. The van der Waals surface area contributed by atoms with Crippen molar-refractivity contribution < 1.29 is 9.64 Å². The van der Waals surface area contributed by atoms with Gasteiger partial charge in [-0.25, -0.2) is 0 Å². The lowest BCUT2D eigenvalue weighted by Crippen LogP contribution is -3.11. The van der Waals surface area contributed by atoms with E-state index in [4.69, 9.17) is 4.74 Å². The minimum absolute atomic E-state index is 0.187. The van der Waals surface area contributed by atoms with E-state index in [0.29, 0.717) is 0 Å². The lowest BCUT2D eigenvalue weighted by molar-refractivity contribution is -0.888. The molecule has 6 rings (SSSR count). The summed E-state index contributed by atoms with van der Waals surface area (Å²) >= 11 is 0. The molecule has 1 fully saturated rings. The second-order valence-electron chi connectivity index (χ2n) is 8.58. The number of rotatable bonds is 1. The van der Waals surface area contributed by atoms with E-state index in [-0.39, 0.29) is 11.8 Å². The lowest BCUT2D eigenvalue weighted by Gasteiger charge is -2.50. The van der Waals surface area contributed by atoms with Gasteiger partial charge in [0.15, 0.2) is 5.72 Å². The maximum atomic E-state index is 6.71. The van der Waals surface area contributed by atoms with Crippen molar-refractivity contribution in [1.29, 1.82) is 0 Å². The summed E-state index contributed by atoms with van der Waals surface area (Å²) in [4.78, 5) is 1.58. The third-order valence-corrected chi connectivity index (χ3v) is 6.78. The Morgan fingerprint density at radius 1 is 0.966 bits per heavy atom. The largest absolute Gasteiger partial charge is 0.470 e. The molecule has 0 aliphatic carbocycles. The number of quaternary nitrogens is 1. The van der Waals surface area contributed by atoms with Crippen molar-refractivity contribution in [3.8, 4) is 5.75 Å². The first-order valence-corrected chi connectivity index (χ1v) is 10.6. The average molecular weight is 385 g/mol. The van der Waals surface area contributed by atoms with Gasteiger partial charge >= 0.3 is 0 Å². The van der Waals surface area contributed by atoms with Crippen LogP contribution < -0.4 is 15.1 Å². The van der Waals surface area contributed by atoms with Gasteiger partial charge in [0.25, 0.3) is 0 Å². The van der Waals surface area contributed by atoms with Gasteiger partial charge in [-0.1, -0.05) is 60.7 Å². The quantitative estimate of drug-likeness (QED) is 0.675. The van der Waals surface area contributed by atoms with Gasteiger partial charge < -0.3 is 15.1 Å². The Labute approximate surface area is 171 Å². The van der Waals surface area contributed by atoms with E-state index in [9.17, 15) is 0 Å². The fraction of sp³-hybridized carbons (Fsp3) is 0.280. The highest BCUT2D eigenvalue weighted by Crippen LogP contribution is 2.47. The first-order valence-electron chi connectivity index (χ1n) is 10.6. The number of nitrogens with zero attached hydrogens (tertiary/aromatic N) is 1. The first kappa shape index (κ1) is 17.1. The molecule has 3 aliphatic heterocycles. The van der Waals surface area contributed by atoms with Crippen molar-refractivity contribution in [2.75, 3.05) is 20.1 Å². The third kappa shape index (κ3) is 2.60. The fourth-order valence-corrected chi connectivity index (χ4v) is 5.15. The van der Waals surface area contributed by atoms with E-state index >= 15 is 0 Å². The molecule has 0 saturated carbocycles. The van der Waals surface area contributed by atoms with Crippen LogP contribution in [0.1, 0.15) is 30.0 Å². The molecule has 0 amide bonds. The molecule has 1 atom stereocenters. The van der Waals surface area contributed by atoms with Gasteiger partial charge in [-0.05, 0) is 22.9 Å². The summed E-state index contributed by atoms with van der Waals surface area (Å²) < 4.78 is 6.71. The van der Waals surface area contributed by atoms with Gasteiger partial charge in [0.2, 0.25) is 0 Å². The number of hydrogen-bond acceptors (Lipinski definition) is 3. The van der Waals surface area contributed by atoms with Crippen LogP contribution in [0.15, 0.2) is 72.8 Å². The van der Waals surface area contributed by atoms with Crippen molar-refractivity contribution in [3.63, 3.8) is 0 Å². The summed E-state index contributed by atoms with van der Waals surface area (Å²) in [6.45, 7) is 2.24. The molecule has 0 unspecified atom stereocenters. The summed E-state index contributed by atoms with van der Waals surface area (Å²) in [5, 5.41) is 4.94. The van der Waals surface area contributed by atoms with Crippen LogP contribution in [0.4, 0.5) is 0 Å². The number of nitrogens with one attached hydrogen (secondary N) is 2. The Morgan fingerprint density at radius 3 is 2.62 bits per heavy atom. The van der Waals surface area contributed by atoms with Crippen molar-refractivity contribution >= 4 is 16.5 Å². The molecule has 0 radical (unpaired) electrons. The summed E-state index contributed by atoms with van der Waals surface area (Å²) in [5.41, 5.74) is 7.16. The fourth-order valence-electron chi connectivity index (χ4n) is 5.15. The Balaban J connectivity index is 1.47. The molecule has 4 nitrogen and oxygen atoms in total. The maximum absolute atomic E-state index is 6.71. The van der Waals surface area contributed by atoms with Crippen LogP contribution in [-0.4, -0.2) is 30.9 Å². The summed E-state index contributed by atoms with van der Waals surface area (Å²) in [6.07, 6.45) is 4.43. The molecule has 1 spiro atoms. The number of hydrazine groups is 1. The molecular formula is C25H26N3O+. The Kier molecular flexibility index (Phi) is 3.73. The minimum atomic E-state index is -0.290. The van der Waals surface area contributed by atoms with Crippen LogP contribution in [0.25, 0.3) is 16.5 Å². The molecule has 3 aliphatic rings. The second kappa shape index (κ2) is 6.34. The number of fused-ring (bicyclic) bond motifs is 5. The predicted molar refractivity (Wildman–Crippen MR) is 115 cm³/mol. The van der Waals surface area contributed by atoms with Crippen molar-refractivity contribution in [2.45, 2.75) is 24.6 Å². The zero-order valence-electron chi connectivity index (χ0n) is 16.7. The Bertz CT molecular complexity index is 1110. The summed E-state index contributed by atoms with van der Waals surface area (Å²) in [5.74, 6) is 1.03. The zero-order chi connectivity index (χ0) is 19.4. The highest BCUT2D eigenvalue weighted by atomic mass is 16.5. The second-order valence-corrected chi connectivity index (χ2v) is 8.58. The molecule has 2 N–H and O–H groups in total. The van der Waals surface area contributed by atoms with E-state index in [0.717, 1.165) is 31.7 Å². The summed E-state index contributed by atoms with van der Waals surface area (Å²) in [7, 11) is 2.28. The van der Waals surface area contributed by atoms with Crippen LogP contribution in [0, 0.1) is 0 Å². The zero-order valence-corrected chi connectivity index (χ0v) is 16.7. The number of likely N-dealkylation sites (tertiary alicyclic amines) is 1. The van der Waals surface area contributed by atoms with E-state index in [1.165, 1.54) is 27.6 Å². The number of ether oxygens (including phenoxy) is 1. The Hall–Kier alpha value is -2.82. The van der Waals surface area contributed by atoms with E-state index in [1.807, 2.05) is 0 Å². The molecule has 3 aromatic rings. The van der Waals surface area contributed by atoms with E-state index in [1.54, 1.807) is 4.90 Å². The van der Waals surface area contributed by atoms with Gasteiger partial charge in [0.05, 0.1) is 44.7 Å². The van der Waals surface area contributed by atoms with Gasteiger partial charge in [-0.15, -0.1) is 0 Å². The molecule has 0 bridgehead atoms. The molecule has 1 saturated heterocycles. The SMILES string of the molecule is C[NH+]1CCC2(CC1)Oc1ccccc1[C@H]1C=C(c3cccc4ccccc34)NN12. The highest BCUT2D eigenvalue weighted by Gasteiger charge is 2.52. The topological polar surface area (TPSA) is 28.9 Å². The lowest BCUT2D eigenvalue weighted by atomic mass is 9.93.